The Labute approximate surface area is 101 Å². The topological polar surface area (TPSA) is 21.3 Å². The van der Waals surface area contributed by atoms with E-state index in [1.165, 1.54) is 44.9 Å². The largest absolute Gasteiger partial charge is 0.377 e. The summed E-state index contributed by atoms with van der Waals surface area (Å²) in [6.45, 7) is 5.51. The summed E-state index contributed by atoms with van der Waals surface area (Å²) in [4.78, 5) is 0. The van der Waals surface area contributed by atoms with E-state index in [0.29, 0.717) is 12.1 Å². The molecule has 2 atom stereocenters. The standard InChI is InChI=1S/C14H29NO/c1-12(2)8-7-11-16-14-10-6-4-5-9-13(14)15-3/h12-15H,4-11H2,1-3H3. The van der Waals surface area contributed by atoms with Gasteiger partial charge in [-0.25, -0.2) is 0 Å². The third kappa shape index (κ3) is 5.31. The van der Waals surface area contributed by atoms with Gasteiger partial charge < -0.3 is 10.1 Å². The van der Waals surface area contributed by atoms with E-state index in [2.05, 4.69) is 26.2 Å². The SMILES string of the molecule is CNC1CCCCCC1OCCCC(C)C. The third-order valence-electron chi connectivity index (χ3n) is 3.58. The van der Waals surface area contributed by atoms with Crippen LogP contribution < -0.4 is 5.32 Å². The van der Waals surface area contributed by atoms with Gasteiger partial charge in [0.05, 0.1) is 6.10 Å². The smallest absolute Gasteiger partial charge is 0.0727 e. The van der Waals surface area contributed by atoms with Crippen LogP contribution in [0, 0.1) is 5.92 Å². The first-order valence-corrected chi connectivity index (χ1v) is 7.03. The van der Waals surface area contributed by atoms with E-state index in [4.69, 9.17) is 4.74 Å². The molecule has 16 heavy (non-hydrogen) atoms. The van der Waals surface area contributed by atoms with E-state index in [1.54, 1.807) is 0 Å². The maximum absolute atomic E-state index is 6.05. The van der Waals surface area contributed by atoms with Crippen molar-refractivity contribution in [1.82, 2.24) is 5.32 Å². The molecule has 0 spiro atoms. The lowest BCUT2D eigenvalue weighted by Crippen LogP contribution is -2.38. The van der Waals surface area contributed by atoms with Crippen molar-refractivity contribution in [3.8, 4) is 0 Å². The number of hydrogen-bond acceptors (Lipinski definition) is 2. The van der Waals surface area contributed by atoms with Gasteiger partial charge in [0.15, 0.2) is 0 Å². The summed E-state index contributed by atoms with van der Waals surface area (Å²) >= 11 is 0. The van der Waals surface area contributed by atoms with Gasteiger partial charge in [0, 0.05) is 12.6 Å². The van der Waals surface area contributed by atoms with E-state index in [9.17, 15) is 0 Å². The molecule has 2 heteroatoms. The van der Waals surface area contributed by atoms with Crippen LogP contribution in [-0.2, 0) is 4.74 Å². The number of rotatable bonds is 6. The van der Waals surface area contributed by atoms with Crippen molar-refractivity contribution in [2.45, 2.75) is 70.9 Å². The lowest BCUT2D eigenvalue weighted by atomic mass is 10.1. The minimum atomic E-state index is 0.458. The molecule has 1 aliphatic carbocycles. The van der Waals surface area contributed by atoms with Crippen molar-refractivity contribution in [2.24, 2.45) is 5.92 Å². The number of likely N-dealkylation sites (N-methyl/N-ethyl adjacent to an activating group) is 1. The summed E-state index contributed by atoms with van der Waals surface area (Å²) in [6.07, 6.45) is 9.56. The molecule has 2 unspecified atom stereocenters. The molecule has 0 aliphatic heterocycles. The Hall–Kier alpha value is -0.0800. The Morgan fingerprint density at radius 1 is 1.19 bits per heavy atom. The Morgan fingerprint density at radius 3 is 2.62 bits per heavy atom. The summed E-state index contributed by atoms with van der Waals surface area (Å²) in [5.74, 6) is 0.804. The van der Waals surface area contributed by atoms with Crippen LogP contribution in [0.25, 0.3) is 0 Å². The van der Waals surface area contributed by atoms with E-state index in [1.807, 2.05) is 0 Å². The van der Waals surface area contributed by atoms with Crippen molar-refractivity contribution in [2.75, 3.05) is 13.7 Å². The molecule has 0 aromatic heterocycles. The lowest BCUT2D eigenvalue weighted by molar-refractivity contribution is 0.0209. The van der Waals surface area contributed by atoms with Gasteiger partial charge in [0.1, 0.15) is 0 Å². The number of hydrogen-bond donors (Lipinski definition) is 1. The highest BCUT2D eigenvalue weighted by molar-refractivity contribution is 4.79. The molecule has 1 fully saturated rings. The zero-order valence-electron chi connectivity index (χ0n) is 11.3. The highest BCUT2D eigenvalue weighted by Crippen LogP contribution is 2.20. The second-order valence-electron chi connectivity index (χ2n) is 5.48. The molecule has 0 aromatic carbocycles. The molecule has 1 N–H and O–H groups in total. The van der Waals surface area contributed by atoms with Gasteiger partial charge in [-0.3, -0.25) is 0 Å². The van der Waals surface area contributed by atoms with Gasteiger partial charge in [-0.1, -0.05) is 33.1 Å². The quantitative estimate of drug-likeness (QED) is 0.555. The van der Waals surface area contributed by atoms with Gasteiger partial charge in [-0.05, 0) is 38.6 Å². The van der Waals surface area contributed by atoms with Gasteiger partial charge in [-0.2, -0.15) is 0 Å². The fourth-order valence-corrected chi connectivity index (χ4v) is 2.53. The molecule has 0 bridgehead atoms. The van der Waals surface area contributed by atoms with Crippen LogP contribution >= 0.6 is 0 Å². The average Bonchev–Trinajstić information content (AvgIpc) is 2.48. The summed E-state index contributed by atoms with van der Waals surface area (Å²) < 4.78 is 6.05. The van der Waals surface area contributed by atoms with Crippen molar-refractivity contribution >= 4 is 0 Å². The molecule has 0 saturated heterocycles. The maximum atomic E-state index is 6.05. The first kappa shape index (κ1) is 14.0. The van der Waals surface area contributed by atoms with E-state index < -0.39 is 0 Å². The van der Waals surface area contributed by atoms with Crippen LogP contribution in [0.4, 0.5) is 0 Å². The molecule has 0 aromatic rings. The zero-order valence-corrected chi connectivity index (χ0v) is 11.3. The van der Waals surface area contributed by atoms with Crippen LogP contribution in [0.3, 0.4) is 0 Å². The van der Waals surface area contributed by atoms with Crippen molar-refractivity contribution in [1.29, 1.82) is 0 Å². The predicted octanol–water partition coefficient (Wildman–Crippen LogP) is 3.36. The minimum absolute atomic E-state index is 0.458. The average molecular weight is 227 g/mol. The highest BCUT2D eigenvalue weighted by Gasteiger charge is 2.22. The van der Waals surface area contributed by atoms with Crippen LogP contribution in [0.5, 0.6) is 0 Å². The van der Waals surface area contributed by atoms with E-state index in [-0.39, 0.29) is 0 Å². The molecule has 0 radical (unpaired) electrons. The van der Waals surface area contributed by atoms with Crippen LogP contribution in [0.2, 0.25) is 0 Å². The van der Waals surface area contributed by atoms with Crippen molar-refractivity contribution in [3.63, 3.8) is 0 Å². The summed E-state index contributed by atoms with van der Waals surface area (Å²) in [5, 5.41) is 3.42. The molecule has 2 nitrogen and oxygen atoms in total. The summed E-state index contributed by atoms with van der Waals surface area (Å²) in [5.41, 5.74) is 0. The molecular formula is C14H29NO. The Bertz CT molecular complexity index is 170. The minimum Gasteiger partial charge on any atom is -0.377 e. The molecule has 96 valence electrons. The van der Waals surface area contributed by atoms with Crippen molar-refractivity contribution < 1.29 is 4.74 Å². The summed E-state index contributed by atoms with van der Waals surface area (Å²) in [7, 11) is 2.07. The molecule has 1 aliphatic rings. The molecule has 1 saturated carbocycles. The first-order chi connectivity index (χ1) is 7.74. The maximum Gasteiger partial charge on any atom is 0.0727 e. The Balaban J connectivity index is 2.20. The normalized spacial score (nSPS) is 27.0. The number of nitrogens with one attached hydrogen (secondary N) is 1. The second kappa shape index (κ2) is 8.08. The monoisotopic (exact) mass is 227 g/mol. The van der Waals surface area contributed by atoms with Gasteiger partial charge in [0.2, 0.25) is 0 Å². The Morgan fingerprint density at radius 2 is 1.94 bits per heavy atom. The van der Waals surface area contributed by atoms with Crippen LogP contribution in [0.15, 0.2) is 0 Å². The third-order valence-corrected chi connectivity index (χ3v) is 3.58. The van der Waals surface area contributed by atoms with E-state index >= 15 is 0 Å². The van der Waals surface area contributed by atoms with Gasteiger partial charge >= 0.3 is 0 Å². The van der Waals surface area contributed by atoms with Gasteiger partial charge in [0.25, 0.3) is 0 Å². The van der Waals surface area contributed by atoms with Crippen LogP contribution in [-0.4, -0.2) is 25.8 Å². The van der Waals surface area contributed by atoms with Crippen molar-refractivity contribution in [3.05, 3.63) is 0 Å². The second-order valence-corrected chi connectivity index (χ2v) is 5.48. The summed E-state index contributed by atoms with van der Waals surface area (Å²) in [6, 6.07) is 0.585. The molecule has 1 rings (SSSR count). The fraction of sp³-hybridized carbons (Fsp3) is 1.00. The highest BCUT2D eigenvalue weighted by atomic mass is 16.5. The van der Waals surface area contributed by atoms with Crippen LogP contribution in [0.1, 0.15) is 58.8 Å². The number of ether oxygens (including phenoxy) is 1. The molecular weight excluding hydrogens is 198 g/mol. The fourth-order valence-electron chi connectivity index (χ4n) is 2.53. The lowest BCUT2D eigenvalue weighted by Gasteiger charge is -2.25. The molecule has 0 amide bonds. The van der Waals surface area contributed by atoms with Gasteiger partial charge in [-0.15, -0.1) is 0 Å². The molecule has 0 heterocycles. The first-order valence-electron chi connectivity index (χ1n) is 7.03. The van der Waals surface area contributed by atoms with E-state index in [0.717, 1.165) is 12.5 Å². The zero-order chi connectivity index (χ0) is 11.8. The Kier molecular flexibility index (Phi) is 7.06. The predicted molar refractivity (Wildman–Crippen MR) is 69.7 cm³/mol.